The molecular formula is C18H18O3. The summed E-state index contributed by atoms with van der Waals surface area (Å²) in [5.74, 6) is -0.270. The molecule has 0 aliphatic carbocycles. The van der Waals surface area contributed by atoms with Crippen molar-refractivity contribution in [2.45, 2.75) is 20.1 Å². The molecule has 21 heavy (non-hydrogen) atoms. The van der Waals surface area contributed by atoms with Crippen LogP contribution in [0, 0.1) is 0 Å². The molecule has 3 nitrogen and oxygen atoms in total. The van der Waals surface area contributed by atoms with Crippen molar-refractivity contribution in [1.29, 1.82) is 0 Å². The minimum absolute atomic E-state index is 0.270. The molecule has 2 aromatic carbocycles. The van der Waals surface area contributed by atoms with E-state index in [2.05, 4.69) is 0 Å². The highest BCUT2D eigenvalue weighted by Crippen LogP contribution is 2.08. The highest BCUT2D eigenvalue weighted by molar-refractivity contribution is 5.65. The molecule has 3 heteroatoms. The van der Waals surface area contributed by atoms with Crippen LogP contribution in [0.2, 0.25) is 0 Å². The van der Waals surface area contributed by atoms with Gasteiger partial charge in [-0.05, 0) is 22.8 Å². The van der Waals surface area contributed by atoms with Crippen molar-refractivity contribution in [2.75, 3.05) is 0 Å². The molecule has 0 aliphatic rings. The van der Waals surface area contributed by atoms with Crippen LogP contribution in [0.15, 0.2) is 60.9 Å². The van der Waals surface area contributed by atoms with Crippen molar-refractivity contribution in [2.24, 2.45) is 0 Å². The van der Waals surface area contributed by atoms with Crippen molar-refractivity contribution < 1.29 is 14.3 Å². The summed E-state index contributed by atoms with van der Waals surface area (Å²) in [6, 6.07) is 17.8. The first-order valence-corrected chi connectivity index (χ1v) is 6.78. The van der Waals surface area contributed by atoms with Crippen LogP contribution in [0.4, 0.5) is 0 Å². The van der Waals surface area contributed by atoms with E-state index in [0.29, 0.717) is 13.2 Å². The summed E-state index contributed by atoms with van der Waals surface area (Å²) in [5.41, 5.74) is 3.14. The van der Waals surface area contributed by atoms with Gasteiger partial charge in [-0.1, -0.05) is 54.6 Å². The summed E-state index contributed by atoms with van der Waals surface area (Å²) in [6.07, 6.45) is 3.59. The Morgan fingerprint density at radius 2 is 1.62 bits per heavy atom. The van der Waals surface area contributed by atoms with Gasteiger partial charge >= 0.3 is 5.97 Å². The summed E-state index contributed by atoms with van der Waals surface area (Å²) in [7, 11) is 0. The minimum Gasteiger partial charge on any atom is -0.496 e. The molecule has 0 radical (unpaired) electrons. The van der Waals surface area contributed by atoms with Crippen molar-refractivity contribution in [3.05, 3.63) is 77.5 Å². The first kappa shape index (κ1) is 14.9. The molecular weight excluding hydrogens is 264 g/mol. The molecule has 0 aromatic heterocycles. The van der Waals surface area contributed by atoms with E-state index in [4.69, 9.17) is 9.47 Å². The second-order valence-corrected chi connectivity index (χ2v) is 4.62. The van der Waals surface area contributed by atoms with Crippen LogP contribution in [0.25, 0.3) is 6.08 Å². The van der Waals surface area contributed by atoms with Gasteiger partial charge in [-0.2, -0.15) is 0 Å². The number of ether oxygens (including phenoxy) is 2. The van der Waals surface area contributed by atoms with Crippen molar-refractivity contribution in [3.8, 4) is 0 Å². The molecule has 0 bridgehead atoms. The maximum absolute atomic E-state index is 10.7. The zero-order valence-electron chi connectivity index (χ0n) is 12.0. The average molecular weight is 282 g/mol. The molecule has 0 spiro atoms. The lowest BCUT2D eigenvalue weighted by molar-refractivity contribution is -0.142. The molecule has 0 N–H and O–H groups in total. The Hall–Kier alpha value is -2.55. The zero-order valence-corrected chi connectivity index (χ0v) is 12.0. The first-order chi connectivity index (χ1) is 10.2. The summed E-state index contributed by atoms with van der Waals surface area (Å²) in [5, 5.41) is 0. The van der Waals surface area contributed by atoms with E-state index >= 15 is 0 Å². The predicted octanol–water partition coefficient (Wildman–Crippen LogP) is 3.94. The van der Waals surface area contributed by atoms with Crippen LogP contribution in [0.1, 0.15) is 23.6 Å². The van der Waals surface area contributed by atoms with Crippen LogP contribution in [-0.2, 0) is 27.5 Å². The second-order valence-electron chi connectivity index (χ2n) is 4.62. The Balaban J connectivity index is 1.80. The van der Waals surface area contributed by atoms with Crippen molar-refractivity contribution in [1.82, 2.24) is 0 Å². The van der Waals surface area contributed by atoms with Crippen LogP contribution < -0.4 is 0 Å². The Kier molecular flexibility index (Phi) is 5.59. The highest BCUT2D eigenvalue weighted by Gasteiger charge is 1.96. The predicted molar refractivity (Wildman–Crippen MR) is 82.2 cm³/mol. The van der Waals surface area contributed by atoms with E-state index in [1.54, 1.807) is 6.26 Å². The standard InChI is InChI=1S/C18H18O3/c1-15(19)21-14-18-9-7-16(8-10-18)11-12-20-13-17-5-3-2-4-6-17/h2-12H,13-14H2,1H3. The van der Waals surface area contributed by atoms with Gasteiger partial charge < -0.3 is 9.47 Å². The van der Waals surface area contributed by atoms with E-state index in [0.717, 1.165) is 16.7 Å². The normalized spacial score (nSPS) is 10.5. The molecule has 0 amide bonds. The van der Waals surface area contributed by atoms with Gasteiger partial charge in [0.25, 0.3) is 0 Å². The van der Waals surface area contributed by atoms with Crippen molar-refractivity contribution >= 4 is 12.0 Å². The monoisotopic (exact) mass is 282 g/mol. The number of benzene rings is 2. The molecule has 0 saturated carbocycles. The minimum atomic E-state index is -0.270. The van der Waals surface area contributed by atoms with E-state index in [-0.39, 0.29) is 5.97 Å². The SMILES string of the molecule is CC(=O)OCc1ccc(C=COCc2ccccc2)cc1. The molecule has 0 atom stereocenters. The molecule has 108 valence electrons. The number of carbonyl (C=O) groups is 1. The molecule has 0 saturated heterocycles. The Bertz CT molecular complexity index is 586. The van der Waals surface area contributed by atoms with Gasteiger partial charge in [0.05, 0.1) is 6.26 Å². The fourth-order valence-corrected chi connectivity index (χ4v) is 1.76. The van der Waals surface area contributed by atoms with Gasteiger partial charge in [-0.25, -0.2) is 0 Å². The Morgan fingerprint density at radius 1 is 0.952 bits per heavy atom. The van der Waals surface area contributed by atoms with E-state index in [1.165, 1.54) is 6.92 Å². The number of esters is 1. The highest BCUT2D eigenvalue weighted by atomic mass is 16.5. The van der Waals surface area contributed by atoms with Crippen LogP contribution in [0.3, 0.4) is 0 Å². The van der Waals surface area contributed by atoms with E-state index < -0.39 is 0 Å². The summed E-state index contributed by atoms with van der Waals surface area (Å²) < 4.78 is 10.4. The maximum atomic E-state index is 10.7. The lowest BCUT2D eigenvalue weighted by Crippen LogP contribution is -1.98. The molecule has 0 aliphatic heterocycles. The number of carbonyl (C=O) groups excluding carboxylic acids is 1. The maximum Gasteiger partial charge on any atom is 0.302 e. The van der Waals surface area contributed by atoms with Crippen LogP contribution >= 0.6 is 0 Å². The van der Waals surface area contributed by atoms with E-state index in [1.807, 2.05) is 60.7 Å². The van der Waals surface area contributed by atoms with Crippen LogP contribution in [0.5, 0.6) is 0 Å². The molecule has 0 unspecified atom stereocenters. The lowest BCUT2D eigenvalue weighted by Gasteiger charge is -2.03. The molecule has 0 heterocycles. The van der Waals surface area contributed by atoms with Gasteiger partial charge in [-0.15, -0.1) is 0 Å². The average Bonchev–Trinajstić information content (AvgIpc) is 2.52. The third-order valence-electron chi connectivity index (χ3n) is 2.87. The third kappa shape index (κ3) is 5.53. The van der Waals surface area contributed by atoms with Gasteiger partial charge in [0.2, 0.25) is 0 Å². The largest absolute Gasteiger partial charge is 0.496 e. The quantitative estimate of drug-likeness (QED) is 0.594. The summed E-state index contributed by atoms with van der Waals surface area (Å²) in [6.45, 7) is 2.27. The number of rotatable bonds is 6. The van der Waals surface area contributed by atoms with E-state index in [9.17, 15) is 4.79 Å². The van der Waals surface area contributed by atoms with Gasteiger partial charge in [0.1, 0.15) is 13.2 Å². The molecule has 2 aromatic rings. The zero-order chi connectivity index (χ0) is 14.9. The van der Waals surface area contributed by atoms with Crippen molar-refractivity contribution in [3.63, 3.8) is 0 Å². The fourth-order valence-electron chi connectivity index (χ4n) is 1.76. The summed E-state index contributed by atoms with van der Waals surface area (Å²) in [4.78, 5) is 10.7. The molecule has 2 rings (SSSR count). The smallest absolute Gasteiger partial charge is 0.302 e. The van der Waals surface area contributed by atoms with Gasteiger partial charge in [-0.3, -0.25) is 4.79 Å². The lowest BCUT2D eigenvalue weighted by atomic mass is 10.1. The Labute approximate surface area is 124 Å². The van der Waals surface area contributed by atoms with Crippen LogP contribution in [-0.4, -0.2) is 5.97 Å². The molecule has 0 fully saturated rings. The fraction of sp³-hybridized carbons (Fsp3) is 0.167. The third-order valence-corrected chi connectivity index (χ3v) is 2.87. The number of hydrogen-bond donors (Lipinski definition) is 0. The summed E-state index contributed by atoms with van der Waals surface area (Å²) >= 11 is 0. The topological polar surface area (TPSA) is 35.5 Å². The first-order valence-electron chi connectivity index (χ1n) is 6.78. The Morgan fingerprint density at radius 3 is 2.29 bits per heavy atom. The second kappa shape index (κ2) is 7.90. The van der Waals surface area contributed by atoms with Gasteiger partial charge in [0, 0.05) is 6.92 Å². The number of hydrogen-bond acceptors (Lipinski definition) is 3. The van der Waals surface area contributed by atoms with Gasteiger partial charge in [0.15, 0.2) is 0 Å².